The minimum atomic E-state index is -1.68. The second kappa shape index (κ2) is 5.62. The third kappa shape index (κ3) is 3.52. The first-order valence-corrected chi connectivity index (χ1v) is 7.07. The number of hydrogen-bond donors (Lipinski definition) is 1. The molecule has 0 spiro atoms. The molecule has 1 rings (SSSR count). The lowest BCUT2D eigenvalue weighted by Crippen LogP contribution is -2.44. The van der Waals surface area contributed by atoms with E-state index in [0.717, 1.165) is 19.3 Å². The summed E-state index contributed by atoms with van der Waals surface area (Å²) in [5.41, 5.74) is 0. The Kier molecular flexibility index (Phi) is 4.68. The van der Waals surface area contributed by atoms with Crippen LogP contribution in [0.5, 0.6) is 0 Å². The van der Waals surface area contributed by atoms with Gasteiger partial charge in [-0.15, -0.1) is 0 Å². The number of piperidine rings is 1. The summed E-state index contributed by atoms with van der Waals surface area (Å²) in [5.74, 6) is -1.53. The first kappa shape index (κ1) is 14.2. The molecule has 0 aromatic heterocycles. The molecule has 1 aliphatic heterocycles. The molecule has 98 valence electrons. The number of rotatable bonds is 4. The van der Waals surface area contributed by atoms with Gasteiger partial charge < -0.3 is 10.0 Å². The van der Waals surface area contributed by atoms with Crippen molar-refractivity contribution in [1.29, 1.82) is 0 Å². The average molecular weight is 261 g/mol. The molecular weight excluding hydrogens is 242 g/mol. The maximum atomic E-state index is 11.8. The number of carboxylic acids is 1. The van der Waals surface area contributed by atoms with Crippen molar-refractivity contribution in [2.24, 2.45) is 0 Å². The molecule has 5 nitrogen and oxygen atoms in total. The number of hydrogen-bond acceptors (Lipinski definition) is 3. The fourth-order valence-corrected chi connectivity index (χ4v) is 2.59. The zero-order chi connectivity index (χ0) is 13.1. The van der Waals surface area contributed by atoms with Crippen molar-refractivity contribution >= 4 is 22.7 Å². The highest BCUT2D eigenvalue weighted by Gasteiger charge is 2.36. The number of carbonyl (C=O) groups is 2. The molecule has 0 aliphatic carbocycles. The van der Waals surface area contributed by atoms with Gasteiger partial charge in [-0.1, -0.05) is 0 Å². The lowest BCUT2D eigenvalue weighted by molar-refractivity contribution is -0.139. The lowest BCUT2D eigenvalue weighted by Gasteiger charge is -2.27. The topological polar surface area (TPSA) is 74.7 Å². The van der Waals surface area contributed by atoms with E-state index in [2.05, 4.69) is 0 Å². The number of aliphatic carboxylic acids is 1. The largest absolute Gasteiger partial charge is 0.480 e. The maximum absolute atomic E-state index is 11.8. The van der Waals surface area contributed by atoms with Crippen molar-refractivity contribution in [3.63, 3.8) is 0 Å². The van der Waals surface area contributed by atoms with Crippen molar-refractivity contribution in [2.75, 3.05) is 18.8 Å². The van der Waals surface area contributed by atoms with Gasteiger partial charge >= 0.3 is 5.97 Å². The summed E-state index contributed by atoms with van der Waals surface area (Å²) in [6.45, 7) is 4.16. The predicted molar refractivity (Wildman–Crippen MR) is 65.2 cm³/mol. The molecule has 0 aromatic rings. The predicted octanol–water partition coefficient (Wildman–Crippen LogP) is 0.611. The van der Waals surface area contributed by atoms with Gasteiger partial charge in [-0.25, -0.2) is 0 Å². The van der Waals surface area contributed by atoms with E-state index in [0.29, 0.717) is 13.1 Å². The highest BCUT2D eigenvalue weighted by atomic mass is 32.2. The third-order valence-corrected chi connectivity index (χ3v) is 4.87. The van der Waals surface area contributed by atoms with Crippen LogP contribution in [0.25, 0.3) is 0 Å². The Morgan fingerprint density at radius 1 is 1.24 bits per heavy atom. The first-order chi connectivity index (χ1) is 7.85. The van der Waals surface area contributed by atoms with Gasteiger partial charge in [0.25, 0.3) is 0 Å². The van der Waals surface area contributed by atoms with Gasteiger partial charge in [0, 0.05) is 23.9 Å². The monoisotopic (exact) mass is 261 g/mol. The average Bonchev–Trinajstić information content (AvgIpc) is 2.29. The summed E-state index contributed by atoms with van der Waals surface area (Å²) in [4.78, 5) is 24.4. The summed E-state index contributed by atoms with van der Waals surface area (Å²) in [6, 6.07) is 0. The zero-order valence-electron chi connectivity index (χ0n) is 10.3. The van der Waals surface area contributed by atoms with Gasteiger partial charge in [-0.2, -0.15) is 0 Å². The van der Waals surface area contributed by atoms with Crippen LogP contribution >= 0.6 is 0 Å². The van der Waals surface area contributed by atoms with E-state index in [1.54, 1.807) is 4.90 Å². The van der Waals surface area contributed by atoms with Crippen molar-refractivity contribution in [3.05, 3.63) is 0 Å². The summed E-state index contributed by atoms with van der Waals surface area (Å²) in [6.07, 6.45) is 3.06. The van der Waals surface area contributed by atoms with Crippen molar-refractivity contribution in [3.8, 4) is 0 Å². The Balaban J connectivity index is 2.56. The molecule has 1 fully saturated rings. The number of carbonyl (C=O) groups excluding carboxylic acids is 1. The van der Waals surface area contributed by atoms with Crippen LogP contribution in [0, 0.1) is 0 Å². The van der Waals surface area contributed by atoms with E-state index in [-0.39, 0.29) is 11.7 Å². The molecular formula is C11H19NO4S. The van der Waals surface area contributed by atoms with E-state index in [4.69, 9.17) is 5.11 Å². The molecule has 1 heterocycles. The summed E-state index contributed by atoms with van der Waals surface area (Å²) in [5, 5.41) is 8.92. The molecule has 1 N–H and O–H groups in total. The molecule has 6 heteroatoms. The standard InChI is InChI=1S/C11H19NO4S/c1-11(2,10(14)15)17(16)8-9(13)12-6-4-3-5-7-12/h3-8H2,1-2H3,(H,14,15). The highest BCUT2D eigenvalue weighted by molar-refractivity contribution is 7.87. The second-order valence-corrected chi connectivity index (χ2v) is 6.75. The fourth-order valence-electron chi connectivity index (χ4n) is 1.62. The lowest BCUT2D eigenvalue weighted by atomic mass is 10.1. The fraction of sp³-hybridized carbons (Fsp3) is 0.818. The van der Waals surface area contributed by atoms with E-state index < -0.39 is 21.5 Å². The van der Waals surface area contributed by atoms with Crippen LogP contribution in [0.4, 0.5) is 0 Å². The molecule has 0 saturated carbocycles. The number of nitrogens with zero attached hydrogens (tertiary/aromatic N) is 1. The van der Waals surface area contributed by atoms with Crippen molar-refractivity contribution < 1.29 is 18.9 Å². The SMILES string of the molecule is CC(C)(C(=O)O)S(=O)CC(=O)N1CCCCC1. The molecule has 1 saturated heterocycles. The zero-order valence-corrected chi connectivity index (χ0v) is 11.1. The number of likely N-dealkylation sites (tertiary alicyclic amines) is 1. The number of carboxylic acid groups (broad SMARTS) is 1. The van der Waals surface area contributed by atoms with Crippen LogP contribution in [-0.2, 0) is 20.4 Å². The molecule has 17 heavy (non-hydrogen) atoms. The molecule has 0 aromatic carbocycles. The van der Waals surface area contributed by atoms with E-state index >= 15 is 0 Å². The quantitative estimate of drug-likeness (QED) is 0.804. The summed E-state index contributed by atoms with van der Waals surface area (Å²) in [7, 11) is -1.68. The molecule has 0 bridgehead atoms. The molecule has 1 amide bonds. The van der Waals surface area contributed by atoms with Gasteiger partial charge in [-0.05, 0) is 33.1 Å². The Bertz CT molecular complexity index is 334. The summed E-state index contributed by atoms with van der Waals surface area (Å²) < 4.78 is 10.5. The van der Waals surface area contributed by atoms with Crippen LogP contribution in [0.2, 0.25) is 0 Å². The van der Waals surface area contributed by atoms with E-state index in [9.17, 15) is 13.8 Å². The second-order valence-electron chi connectivity index (χ2n) is 4.75. The molecule has 1 atom stereocenters. The van der Waals surface area contributed by atoms with Crippen LogP contribution in [0.3, 0.4) is 0 Å². The normalized spacial score (nSPS) is 18.8. The van der Waals surface area contributed by atoms with Gasteiger partial charge in [0.2, 0.25) is 5.91 Å². The Morgan fingerprint density at radius 3 is 2.24 bits per heavy atom. The minimum Gasteiger partial charge on any atom is -0.480 e. The molecule has 1 unspecified atom stereocenters. The van der Waals surface area contributed by atoms with E-state index in [1.807, 2.05) is 0 Å². The van der Waals surface area contributed by atoms with Crippen LogP contribution in [-0.4, -0.2) is 49.7 Å². The Labute approximate surface area is 104 Å². The Hall–Kier alpha value is -0.910. The summed E-state index contributed by atoms with van der Waals surface area (Å²) >= 11 is 0. The van der Waals surface area contributed by atoms with Crippen molar-refractivity contribution in [1.82, 2.24) is 4.90 Å². The van der Waals surface area contributed by atoms with Gasteiger partial charge in [0.15, 0.2) is 0 Å². The first-order valence-electron chi connectivity index (χ1n) is 5.75. The van der Waals surface area contributed by atoms with Crippen molar-refractivity contribution in [2.45, 2.75) is 37.9 Å². The Morgan fingerprint density at radius 2 is 1.76 bits per heavy atom. The minimum absolute atomic E-state index is 0.195. The maximum Gasteiger partial charge on any atom is 0.321 e. The van der Waals surface area contributed by atoms with Crippen LogP contribution in [0.1, 0.15) is 33.1 Å². The van der Waals surface area contributed by atoms with Crippen LogP contribution < -0.4 is 0 Å². The molecule has 0 radical (unpaired) electrons. The van der Waals surface area contributed by atoms with E-state index in [1.165, 1.54) is 13.8 Å². The van der Waals surface area contributed by atoms with Gasteiger partial charge in [0.05, 0.1) is 0 Å². The molecule has 1 aliphatic rings. The third-order valence-electron chi connectivity index (χ3n) is 3.05. The van der Waals surface area contributed by atoms with Crippen LogP contribution in [0.15, 0.2) is 0 Å². The van der Waals surface area contributed by atoms with Gasteiger partial charge in [0.1, 0.15) is 10.5 Å². The van der Waals surface area contributed by atoms with Gasteiger partial charge in [-0.3, -0.25) is 13.8 Å². The smallest absolute Gasteiger partial charge is 0.321 e. The number of amides is 1. The highest BCUT2D eigenvalue weighted by Crippen LogP contribution is 2.15.